The molecule has 0 saturated carbocycles. The lowest BCUT2D eigenvalue weighted by atomic mass is 9.92. The van der Waals surface area contributed by atoms with E-state index < -0.39 is 5.97 Å². The number of benzene rings is 2. The molecule has 2 rings (SSSR count). The second-order valence-electron chi connectivity index (χ2n) is 4.46. The van der Waals surface area contributed by atoms with Gasteiger partial charge in [-0.2, -0.15) is 0 Å². The van der Waals surface area contributed by atoms with Crippen molar-refractivity contribution in [3.05, 3.63) is 59.2 Å². The molecule has 2 aromatic carbocycles. The number of carboxylic acid groups (broad SMARTS) is 1. The molecular formula is C16H16O2. The highest BCUT2D eigenvalue weighted by Crippen LogP contribution is 2.27. The summed E-state index contributed by atoms with van der Waals surface area (Å²) < 4.78 is 0. The molecule has 2 heteroatoms. The number of carboxylic acids is 1. The molecule has 2 aromatic rings. The van der Waals surface area contributed by atoms with Gasteiger partial charge < -0.3 is 5.11 Å². The molecule has 0 amide bonds. The maximum absolute atomic E-state index is 10.8. The van der Waals surface area contributed by atoms with E-state index in [9.17, 15) is 4.79 Å². The molecule has 0 unspecified atom stereocenters. The third-order valence-corrected chi connectivity index (χ3v) is 3.33. The summed E-state index contributed by atoms with van der Waals surface area (Å²) in [7, 11) is 0. The number of rotatable bonds is 3. The normalized spacial score (nSPS) is 10.3. The highest BCUT2D eigenvalue weighted by molar-refractivity contribution is 5.74. The van der Waals surface area contributed by atoms with Crippen molar-refractivity contribution in [1.82, 2.24) is 0 Å². The SMILES string of the molecule is Cc1c(CC(=O)O)ccc(-c2ccccc2)c1C. The number of hydrogen-bond donors (Lipinski definition) is 1. The molecule has 92 valence electrons. The van der Waals surface area contributed by atoms with Gasteiger partial charge in [-0.15, -0.1) is 0 Å². The fourth-order valence-corrected chi connectivity index (χ4v) is 2.16. The molecule has 0 aliphatic rings. The third-order valence-electron chi connectivity index (χ3n) is 3.33. The summed E-state index contributed by atoms with van der Waals surface area (Å²) in [6.07, 6.45) is 0.0851. The number of hydrogen-bond acceptors (Lipinski definition) is 1. The van der Waals surface area contributed by atoms with Crippen molar-refractivity contribution in [2.75, 3.05) is 0 Å². The lowest BCUT2D eigenvalue weighted by Gasteiger charge is -2.12. The smallest absolute Gasteiger partial charge is 0.307 e. The molecule has 0 radical (unpaired) electrons. The van der Waals surface area contributed by atoms with Crippen LogP contribution in [0.15, 0.2) is 42.5 Å². The average molecular weight is 240 g/mol. The molecule has 1 N–H and O–H groups in total. The fourth-order valence-electron chi connectivity index (χ4n) is 2.16. The molecule has 0 aromatic heterocycles. The lowest BCUT2D eigenvalue weighted by molar-refractivity contribution is -0.136. The van der Waals surface area contributed by atoms with Gasteiger partial charge in [0.2, 0.25) is 0 Å². The van der Waals surface area contributed by atoms with Gasteiger partial charge in [-0.1, -0.05) is 42.5 Å². The fraction of sp³-hybridized carbons (Fsp3) is 0.188. The Balaban J connectivity index is 2.47. The van der Waals surface area contributed by atoms with Crippen molar-refractivity contribution in [1.29, 1.82) is 0 Å². The molecular weight excluding hydrogens is 224 g/mol. The first kappa shape index (κ1) is 12.4. The second-order valence-corrected chi connectivity index (χ2v) is 4.46. The molecule has 0 bridgehead atoms. The Labute approximate surface area is 107 Å². The molecule has 0 aliphatic carbocycles. The van der Waals surface area contributed by atoms with Crippen LogP contribution in [0.2, 0.25) is 0 Å². The van der Waals surface area contributed by atoms with E-state index in [2.05, 4.69) is 12.1 Å². The van der Waals surface area contributed by atoms with E-state index in [0.717, 1.165) is 16.7 Å². The van der Waals surface area contributed by atoms with Crippen molar-refractivity contribution in [2.45, 2.75) is 20.3 Å². The molecule has 2 nitrogen and oxygen atoms in total. The van der Waals surface area contributed by atoms with E-state index in [1.54, 1.807) is 0 Å². The Bertz CT molecular complexity index is 571. The van der Waals surface area contributed by atoms with Gasteiger partial charge in [-0.25, -0.2) is 0 Å². The summed E-state index contributed by atoms with van der Waals surface area (Å²) in [5, 5.41) is 8.87. The quantitative estimate of drug-likeness (QED) is 0.890. The van der Waals surface area contributed by atoms with Crippen molar-refractivity contribution < 1.29 is 9.90 Å². The van der Waals surface area contributed by atoms with E-state index in [-0.39, 0.29) is 6.42 Å². The highest BCUT2D eigenvalue weighted by Gasteiger charge is 2.10. The minimum absolute atomic E-state index is 0.0851. The van der Waals surface area contributed by atoms with Crippen molar-refractivity contribution in [3.8, 4) is 11.1 Å². The Kier molecular flexibility index (Phi) is 3.47. The first-order valence-corrected chi connectivity index (χ1v) is 5.96. The summed E-state index contributed by atoms with van der Waals surface area (Å²) in [6.45, 7) is 4.03. The largest absolute Gasteiger partial charge is 0.481 e. The Hall–Kier alpha value is -2.09. The van der Waals surface area contributed by atoms with Crippen LogP contribution in [0.4, 0.5) is 0 Å². The number of carbonyl (C=O) groups is 1. The monoisotopic (exact) mass is 240 g/mol. The van der Waals surface area contributed by atoms with Crippen LogP contribution >= 0.6 is 0 Å². The van der Waals surface area contributed by atoms with Crippen molar-refractivity contribution in [2.24, 2.45) is 0 Å². The minimum atomic E-state index is -0.787. The maximum Gasteiger partial charge on any atom is 0.307 e. The van der Waals surface area contributed by atoms with Crippen LogP contribution in [0.3, 0.4) is 0 Å². The van der Waals surface area contributed by atoms with Crippen LogP contribution in [0.1, 0.15) is 16.7 Å². The van der Waals surface area contributed by atoms with Gasteiger partial charge in [0.1, 0.15) is 0 Å². The first-order chi connectivity index (χ1) is 8.59. The van der Waals surface area contributed by atoms with Crippen molar-refractivity contribution >= 4 is 5.97 Å². The van der Waals surface area contributed by atoms with E-state index >= 15 is 0 Å². The molecule has 0 aliphatic heterocycles. The highest BCUT2D eigenvalue weighted by atomic mass is 16.4. The molecule has 0 saturated heterocycles. The molecule has 18 heavy (non-hydrogen) atoms. The Morgan fingerprint density at radius 3 is 2.28 bits per heavy atom. The Morgan fingerprint density at radius 1 is 1.00 bits per heavy atom. The molecule has 0 fully saturated rings. The minimum Gasteiger partial charge on any atom is -0.481 e. The summed E-state index contributed by atoms with van der Waals surface area (Å²) in [6, 6.07) is 14.1. The van der Waals surface area contributed by atoms with Crippen molar-refractivity contribution in [3.63, 3.8) is 0 Å². The van der Waals surface area contributed by atoms with E-state index in [1.165, 1.54) is 11.1 Å². The number of aliphatic carboxylic acids is 1. The van der Waals surface area contributed by atoms with Gasteiger partial charge in [-0.05, 0) is 41.7 Å². The standard InChI is InChI=1S/C16H16O2/c1-11-12(2)15(13-6-4-3-5-7-13)9-8-14(11)10-16(17)18/h3-9H,10H2,1-2H3,(H,17,18). The summed E-state index contributed by atoms with van der Waals surface area (Å²) >= 11 is 0. The lowest BCUT2D eigenvalue weighted by Crippen LogP contribution is -2.03. The van der Waals surface area contributed by atoms with Gasteiger partial charge in [0.05, 0.1) is 6.42 Å². The van der Waals surface area contributed by atoms with Crippen LogP contribution in [-0.2, 0) is 11.2 Å². The zero-order valence-electron chi connectivity index (χ0n) is 10.6. The van der Waals surface area contributed by atoms with Gasteiger partial charge >= 0.3 is 5.97 Å². The predicted octanol–water partition coefficient (Wildman–Crippen LogP) is 3.60. The molecule has 0 spiro atoms. The van der Waals surface area contributed by atoms with E-state index in [1.807, 2.05) is 44.2 Å². The van der Waals surface area contributed by atoms with Crippen LogP contribution in [0, 0.1) is 13.8 Å². The van der Waals surface area contributed by atoms with Gasteiger partial charge in [0.25, 0.3) is 0 Å². The first-order valence-electron chi connectivity index (χ1n) is 5.96. The summed E-state index contributed by atoms with van der Waals surface area (Å²) in [5.41, 5.74) is 5.44. The van der Waals surface area contributed by atoms with Crippen LogP contribution in [0.25, 0.3) is 11.1 Å². The third kappa shape index (κ3) is 2.43. The summed E-state index contributed by atoms with van der Waals surface area (Å²) in [5.74, 6) is -0.787. The van der Waals surface area contributed by atoms with E-state index in [4.69, 9.17) is 5.11 Å². The average Bonchev–Trinajstić information content (AvgIpc) is 2.36. The van der Waals surface area contributed by atoms with Gasteiger partial charge in [-0.3, -0.25) is 4.79 Å². The zero-order valence-corrected chi connectivity index (χ0v) is 10.6. The van der Waals surface area contributed by atoms with Crippen LogP contribution in [-0.4, -0.2) is 11.1 Å². The second kappa shape index (κ2) is 5.05. The Morgan fingerprint density at radius 2 is 1.67 bits per heavy atom. The molecule has 0 heterocycles. The van der Waals surface area contributed by atoms with E-state index in [0.29, 0.717) is 0 Å². The maximum atomic E-state index is 10.8. The van der Waals surface area contributed by atoms with Crippen LogP contribution in [0.5, 0.6) is 0 Å². The van der Waals surface area contributed by atoms with Gasteiger partial charge in [0.15, 0.2) is 0 Å². The zero-order chi connectivity index (χ0) is 13.1. The van der Waals surface area contributed by atoms with Crippen LogP contribution < -0.4 is 0 Å². The van der Waals surface area contributed by atoms with Gasteiger partial charge in [0, 0.05) is 0 Å². The summed E-state index contributed by atoms with van der Waals surface area (Å²) in [4.78, 5) is 10.8. The predicted molar refractivity (Wildman–Crippen MR) is 72.7 cm³/mol. The molecule has 0 atom stereocenters. The topological polar surface area (TPSA) is 37.3 Å².